The van der Waals surface area contributed by atoms with Crippen molar-refractivity contribution < 1.29 is 9.53 Å². The van der Waals surface area contributed by atoms with Crippen LogP contribution < -0.4 is 26.6 Å². The lowest BCUT2D eigenvalue weighted by Crippen LogP contribution is -2.44. The number of carbonyl (C=O) groups is 1. The molecule has 98 valence electrons. The fourth-order valence-electron chi connectivity index (χ4n) is 1.64. The van der Waals surface area contributed by atoms with E-state index in [4.69, 9.17) is 10.6 Å². The number of piperidine rings is 1. The summed E-state index contributed by atoms with van der Waals surface area (Å²) in [4.78, 5) is 23.4. The number of nitrogens with two attached hydrogens (primary N) is 1. The number of nitrogens with one attached hydrogen (secondary N) is 3. The van der Waals surface area contributed by atoms with Crippen LogP contribution in [0.3, 0.4) is 0 Å². The van der Waals surface area contributed by atoms with E-state index in [0.29, 0.717) is 6.54 Å². The minimum Gasteiger partial charge on any atom is -0.467 e. The Bertz CT molecular complexity index is 417. The zero-order chi connectivity index (χ0) is 13.0. The molecule has 0 saturated carbocycles. The second-order valence-corrected chi connectivity index (χ2v) is 3.74. The highest BCUT2D eigenvalue weighted by Gasteiger charge is 2.23. The number of methoxy groups -OCH3 is 1. The molecule has 5 N–H and O–H groups in total. The minimum absolute atomic E-state index is 0.0668. The maximum Gasteiger partial charge on any atom is 0.322 e. The van der Waals surface area contributed by atoms with Crippen molar-refractivity contribution in [2.45, 2.75) is 18.9 Å². The molecule has 1 aromatic rings. The zero-order valence-electron chi connectivity index (χ0n) is 9.93. The summed E-state index contributed by atoms with van der Waals surface area (Å²) in [5.41, 5.74) is 2.31. The number of hydrogen-bond donors (Lipinski definition) is 4. The van der Waals surface area contributed by atoms with Crippen molar-refractivity contribution in [3.05, 3.63) is 0 Å². The van der Waals surface area contributed by atoms with Gasteiger partial charge in [0.1, 0.15) is 6.04 Å². The van der Waals surface area contributed by atoms with Crippen LogP contribution in [0.2, 0.25) is 0 Å². The smallest absolute Gasteiger partial charge is 0.322 e. The summed E-state index contributed by atoms with van der Waals surface area (Å²) in [7, 11) is 1.44. The van der Waals surface area contributed by atoms with Gasteiger partial charge in [0.15, 0.2) is 0 Å². The predicted octanol–water partition coefficient (Wildman–Crippen LogP) is -1.14. The Morgan fingerprint density at radius 1 is 1.39 bits per heavy atom. The number of hydrazine groups is 1. The van der Waals surface area contributed by atoms with Gasteiger partial charge in [0, 0.05) is 6.54 Å². The average molecular weight is 253 g/mol. The summed E-state index contributed by atoms with van der Waals surface area (Å²) in [5, 5.41) is 5.70. The number of ether oxygens (including phenoxy) is 1. The zero-order valence-corrected chi connectivity index (χ0v) is 9.93. The summed E-state index contributed by atoms with van der Waals surface area (Å²) in [6.07, 6.45) is 1.64. The Hall–Kier alpha value is -2.16. The predicted molar refractivity (Wildman–Crippen MR) is 63.8 cm³/mol. The van der Waals surface area contributed by atoms with E-state index >= 15 is 0 Å². The Balaban J connectivity index is 2.14. The number of nitrogen functional groups attached to an aromatic ring is 1. The lowest BCUT2D eigenvalue weighted by Gasteiger charge is -2.22. The number of aromatic nitrogens is 3. The maximum atomic E-state index is 11.6. The van der Waals surface area contributed by atoms with Crippen molar-refractivity contribution in [1.29, 1.82) is 0 Å². The molecule has 0 radical (unpaired) electrons. The Labute approximate surface area is 104 Å². The van der Waals surface area contributed by atoms with Crippen molar-refractivity contribution in [3.63, 3.8) is 0 Å². The number of nitrogens with zero attached hydrogens (tertiary/aromatic N) is 3. The van der Waals surface area contributed by atoms with Gasteiger partial charge in [-0.1, -0.05) is 0 Å². The molecular weight excluding hydrogens is 238 g/mol. The van der Waals surface area contributed by atoms with Crippen LogP contribution in [-0.4, -0.2) is 40.6 Å². The van der Waals surface area contributed by atoms with Crippen molar-refractivity contribution in [2.75, 3.05) is 24.4 Å². The molecule has 18 heavy (non-hydrogen) atoms. The largest absolute Gasteiger partial charge is 0.467 e. The van der Waals surface area contributed by atoms with Crippen molar-refractivity contribution in [2.24, 2.45) is 5.84 Å². The van der Waals surface area contributed by atoms with E-state index in [0.717, 1.165) is 12.8 Å². The molecule has 0 aliphatic carbocycles. The molecule has 1 unspecified atom stereocenters. The first-order valence-electron chi connectivity index (χ1n) is 5.54. The second kappa shape index (κ2) is 5.45. The Morgan fingerprint density at radius 3 is 2.83 bits per heavy atom. The summed E-state index contributed by atoms with van der Waals surface area (Å²) in [5.74, 6) is 5.58. The van der Waals surface area contributed by atoms with Gasteiger partial charge >= 0.3 is 6.01 Å². The molecule has 1 atom stereocenters. The van der Waals surface area contributed by atoms with Crippen LogP contribution in [0.1, 0.15) is 12.8 Å². The van der Waals surface area contributed by atoms with Crippen LogP contribution in [0.15, 0.2) is 0 Å². The molecule has 1 aliphatic rings. The molecule has 2 rings (SSSR count). The monoisotopic (exact) mass is 253 g/mol. The van der Waals surface area contributed by atoms with Gasteiger partial charge in [-0.05, 0) is 12.8 Å². The lowest BCUT2D eigenvalue weighted by molar-refractivity contribution is -0.123. The van der Waals surface area contributed by atoms with E-state index in [1.54, 1.807) is 0 Å². The van der Waals surface area contributed by atoms with Crippen LogP contribution >= 0.6 is 0 Å². The van der Waals surface area contributed by atoms with E-state index in [9.17, 15) is 4.79 Å². The number of amides is 1. The Kier molecular flexibility index (Phi) is 3.72. The van der Waals surface area contributed by atoms with E-state index in [2.05, 4.69) is 31.0 Å². The first kappa shape index (κ1) is 12.3. The topological polar surface area (TPSA) is 127 Å². The maximum absolute atomic E-state index is 11.6. The van der Waals surface area contributed by atoms with Gasteiger partial charge in [-0.2, -0.15) is 15.0 Å². The third-order valence-electron chi connectivity index (χ3n) is 2.52. The number of hydrogen-bond acceptors (Lipinski definition) is 8. The minimum atomic E-state index is -0.350. The van der Waals surface area contributed by atoms with Gasteiger partial charge in [0.05, 0.1) is 7.11 Å². The number of rotatable bonds is 4. The molecular formula is C9H15N7O2. The molecule has 9 heteroatoms. The highest BCUT2D eigenvalue weighted by molar-refractivity contribution is 5.84. The van der Waals surface area contributed by atoms with Crippen LogP contribution in [0, 0.1) is 0 Å². The third kappa shape index (κ3) is 2.74. The molecule has 0 aromatic carbocycles. The molecule has 9 nitrogen and oxygen atoms in total. The molecule has 1 aromatic heterocycles. The van der Waals surface area contributed by atoms with E-state index in [-0.39, 0.29) is 29.9 Å². The van der Waals surface area contributed by atoms with Gasteiger partial charge in [-0.3, -0.25) is 10.2 Å². The summed E-state index contributed by atoms with van der Waals surface area (Å²) in [6, 6.07) is -0.229. The fraction of sp³-hybridized carbons (Fsp3) is 0.556. The van der Waals surface area contributed by atoms with E-state index < -0.39 is 0 Å². The van der Waals surface area contributed by atoms with Crippen LogP contribution in [0.4, 0.5) is 11.9 Å². The highest BCUT2D eigenvalue weighted by atomic mass is 16.5. The van der Waals surface area contributed by atoms with E-state index in [1.165, 1.54) is 7.11 Å². The molecule has 0 bridgehead atoms. The molecule has 1 aliphatic heterocycles. The number of anilines is 2. The molecule has 1 saturated heterocycles. The van der Waals surface area contributed by atoms with Crippen LogP contribution in [0.5, 0.6) is 6.01 Å². The molecule has 1 fully saturated rings. The average Bonchev–Trinajstić information content (AvgIpc) is 2.41. The summed E-state index contributed by atoms with van der Waals surface area (Å²) < 4.78 is 4.92. The van der Waals surface area contributed by atoms with Gasteiger partial charge in [0.2, 0.25) is 17.8 Å². The quantitative estimate of drug-likeness (QED) is 0.391. The molecule has 0 spiro atoms. The van der Waals surface area contributed by atoms with Crippen molar-refractivity contribution >= 4 is 17.8 Å². The van der Waals surface area contributed by atoms with Gasteiger partial charge in [0.25, 0.3) is 0 Å². The van der Waals surface area contributed by atoms with Crippen LogP contribution in [-0.2, 0) is 4.79 Å². The molecule has 2 heterocycles. The lowest BCUT2D eigenvalue weighted by atomic mass is 10.1. The normalized spacial score (nSPS) is 19.0. The first-order valence-corrected chi connectivity index (χ1v) is 5.54. The van der Waals surface area contributed by atoms with Crippen LogP contribution in [0.25, 0.3) is 0 Å². The van der Waals surface area contributed by atoms with Crippen molar-refractivity contribution in [3.8, 4) is 6.01 Å². The standard InChI is InChI=1S/C9H15N7O2/c1-18-9-14-7(13-8(15-9)16-10)12-5-3-2-4-11-6(5)17/h5H,2-4,10H2,1H3,(H,11,17)(H2,12,13,14,15,16). The number of carbonyl (C=O) groups excluding carboxylic acids is 1. The van der Waals surface area contributed by atoms with Gasteiger partial charge < -0.3 is 15.4 Å². The van der Waals surface area contributed by atoms with Gasteiger partial charge in [-0.15, -0.1) is 0 Å². The highest BCUT2D eigenvalue weighted by Crippen LogP contribution is 2.13. The van der Waals surface area contributed by atoms with Gasteiger partial charge in [-0.25, -0.2) is 5.84 Å². The van der Waals surface area contributed by atoms with E-state index in [1.807, 2.05) is 0 Å². The fourth-order valence-corrected chi connectivity index (χ4v) is 1.64. The summed E-state index contributed by atoms with van der Waals surface area (Å²) in [6.45, 7) is 0.702. The van der Waals surface area contributed by atoms with Crippen molar-refractivity contribution in [1.82, 2.24) is 20.3 Å². The second-order valence-electron chi connectivity index (χ2n) is 3.74. The summed E-state index contributed by atoms with van der Waals surface area (Å²) >= 11 is 0. The molecule has 1 amide bonds. The first-order chi connectivity index (χ1) is 8.72. The third-order valence-corrected chi connectivity index (χ3v) is 2.52. The Morgan fingerprint density at radius 2 is 2.17 bits per heavy atom. The SMILES string of the molecule is COc1nc(NN)nc(NC2CCCNC2=O)n1.